The summed E-state index contributed by atoms with van der Waals surface area (Å²) in [5, 5.41) is 6.83. The lowest BCUT2D eigenvalue weighted by molar-refractivity contribution is -0.122. The molecule has 2 heterocycles. The van der Waals surface area contributed by atoms with Crippen LogP contribution >= 0.6 is 11.6 Å². The van der Waals surface area contributed by atoms with Gasteiger partial charge < -0.3 is 15.1 Å². The molecule has 6 heteroatoms. The van der Waals surface area contributed by atoms with Crippen LogP contribution in [0.4, 0.5) is 0 Å². The SMILES string of the molecule is Cc1c(C(=O)NC2CCCCNC2=O)oc2c(Cl)cccc12. The van der Waals surface area contributed by atoms with Gasteiger partial charge in [0.2, 0.25) is 5.91 Å². The van der Waals surface area contributed by atoms with Crippen LogP contribution in [0, 0.1) is 6.92 Å². The molecule has 1 aromatic heterocycles. The van der Waals surface area contributed by atoms with Crippen molar-refractivity contribution >= 4 is 34.4 Å². The quantitative estimate of drug-likeness (QED) is 0.893. The minimum absolute atomic E-state index is 0.141. The Balaban J connectivity index is 1.87. The molecule has 1 atom stereocenters. The Labute approximate surface area is 133 Å². The molecule has 1 aliphatic rings. The Morgan fingerprint density at radius 2 is 2.23 bits per heavy atom. The highest BCUT2D eigenvalue weighted by atomic mass is 35.5. The van der Waals surface area contributed by atoms with E-state index in [2.05, 4.69) is 10.6 Å². The molecule has 0 radical (unpaired) electrons. The first kappa shape index (κ1) is 14.9. The van der Waals surface area contributed by atoms with Gasteiger partial charge in [0.15, 0.2) is 11.3 Å². The molecule has 1 unspecified atom stereocenters. The summed E-state index contributed by atoms with van der Waals surface area (Å²) in [5.41, 5.74) is 1.22. The second-order valence-electron chi connectivity index (χ2n) is 5.49. The average molecular weight is 321 g/mol. The fraction of sp³-hybridized carbons (Fsp3) is 0.375. The Bertz CT molecular complexity index is 738. The number of halogens is 1. The first-order chi connectivity index (χ1) is 10.6. The standard InChI is InChI=1S/C16H17ClN2O3/c1-9-10-5-4-6-11(17)14(10)22-13(9)16(21)19-12-7-2-3-8-18-15(12)20/h4-6,12H,2-3,7-8H2,1H3,(H,18,20)(H,19,21). The van der Waals surface area contributed by atoms with Crippen LogP contribution < -0.4 is 10.6 Å². The topological polar surface area (TPSA) is 71.3 Å². The van der Waals surface area contributed by atoms with E-state index < -0.39 is 6.04 Å². The molecule has 2 amide bonds. The van der Waals surface area contributed by atoms with E-state index >= 15 is 0 Å². The molecular formula is C16H17ClN2O3. The largest absolute Gasteiger partial charge is 0.449 e. The number of carbonyl (C=O) groups excluding carboxylic acids is 2. The third-order valence-corrected chi connectivity index (χ3v) is 4.26. The van der Waals surface area contributed by atoms with Crippen LogP contribution in [0.25, 0.3) is 11.0 Å². The lowest BCUT2D eigenvalue weighted by atomic mass is 10.1. The fourth-order valence-corrected chi connectivity index (χ4v) is 2.94. The highest BCUT2D eigenvalue weighted by molar-refractivity contribution is 6.35. The van der Waals surface area contributed by atoms with E-state index in [-0.39, 0.29) is 17.6 Å². The first-order valence-electron chi connectivity index (χ1n) is 7.34. The average Bonchev–Trinajstić information content (AvgIpc) is 2.71. The van der Waals surface area contributed by atoms with Crippen LogP contribution in [-0.2, 0) is 4.79 Å². The molecule has 0 aliphatic carbocycles. The normalized spacial score (nSPS) is 18.8. The number of carbonyl (C=O) groups is 2. The van der Waals surface area contributed by atoms with E-state index in [1.165, 1.54) is 0 Å². The lowest BCUT2D eigenvalue weighted by Gasteiger charge is -2.14. The molecule has 22 heavy (non-hydrogen) atoms. The van der Waals surface area contributed by atoms with E-state index in [9.17, 15) is 9.59 Å². The highest BCUT2D eigenvalue weighted by Gasteiger charge is 2.26. The van der Waals surface area contributed by atoms with Gasteiger partial charge in [0.25, 0.3) is 5.91 Å². The van der Waals surface area contributed by atoms with Crippen molar-refractivity contribution in [2.75, 3.05) is 6.54 Å². The van der Waals surface area contributed by atoms with Crippen molar-refractivity contribution in [3.05, 3.63) is 34.5 Å². The van der Waals surface area contributed by atoms with Crippen LogP contribution in [-0.4, -0.2) is 24.4 Å². The number of nitrogens with one attached hydrogen (secondary N) is 2. The van der Waals surface area contributed by atoms with Crippen molar-refractivity contribution < 1.29 is 14.0 Å². The van der Waals surface area contributed by atoms with Gasteiger partial charge in [-0.2, -0.15) is 0 Å². The summed E-state index contributed by atoms with van der Waals surface area (Å²) in [5.74, 6) is -0.315. The van der Waals surface area contributed by atoms with Gasteiger partial charge in [-0.25, -0.2) is 0 Å². The lowest BCUT2D eigenvalue weighted by Crippen LogP contribution is -2.45. The summed E-state index contributed by atoms with van der Waals surface area (Å²) < 4.78 is 5.62. The summed E-state index contributed by atoms with van der Waals surface area (Å²) in [4.78, 5) is 24.4. The van der Waals surface area contributed by atoms with Gasteiger partial charge in [0.1, 0.15) is 6.04 Å². The van der Waals surface area contributed by atoms with Crippen LogP contribution in [0.15, 0.2) is 22.6 Å². The van der Waals surface area contributed by atoms with Crippen molar-refractivity contribution in [1.82, 2.24) is 10.6 Å². The molecular weight excluding hydrogens is 304 g/mol. The molecule has 1 saturated heterocycles. The molecule has 3 rings (SSSR count). The van der Waals surface area contributed by atoms with E-state index in [1.807, 2.05) is 19.1 Å². The molecule has 0 saturated carbocycles. The van der Waals surface area contributed by atoms with Crippen molar-refractivity contribution in [2.24, 2.45) is 0 Å². The Kier molecular flexibility index (Phi) is 4.07. The van der Waals surface area contributed by atoms with Crippen molar-refractivity contribution in [3.8, 4) is 0 Å². The van der Waals surface area contributed by atoms with Gasteiger partial charge >= 0.3 is 0 Å². The number of rotatable bonds is 2. The molecule has 116 valence electrons. The first-order valence-corrected chi connectivity index (χ1v) is 7.72. The second kappa shape index (κ2) is 6.01. The van der Waals surface area contributed by atoms with E-state index in [1.54, 1.807) is 6.07 Å². The Hall–Kier alpha value is -2.01. The van der Waals surface area contributed by atoms with Gasteiger partial charge in [-0.3, -0.25) is 9.59 Å². The van der Waals surface area contributed by atoms with Crippen LogP contribution in [0.1, 0.15) is 35.4 Å². The molecule has 2 N–H and O–H groups in total. The Morgan fingerprint density at radius 1 is 1.41 bits per heavy atom. The van der Waals surface area contributed by atoms with Gasteiger partial charge in [-0.05, 0) is 32.3 Å². The number of hydrogen-bond donors (Lipinski definition) is 2. The van der Waals surface area contributed by atoms with Crippen LogP contribution in [0.2, 0.25) is 5.02 Å². The molecule has 5 nitrogen and oxygen atoms in total. The van der Waals surface area contributed by atoms with Crippen LogP contribution in [0.3, 0.4) is 0 Å². The maximum atomic E-state index is 12.4. The summed E-state index contributed by atoms with van der Waals surface area (Å²) in [6, 6.07) is 4.87. The maximum absolute atomic E-state index is 12.4. The molecule has 0 spiro atoms. The summed E-state index contributed by atoms with van der Waals surface area (Å²) in [7, 11) is 0. The number of aryl methyl sites for hydroxylation is 1. The molecule has 1 fully saturated rings. The number of hydrogen-bond acceptors (Lipinski definition) is 3. The Morgan fingerprint density at radius 3 is 3.00 bits per heavy atom. The zero-order valence-electron chi connectivity index (χ0n) is 12.2. The number of benzene rings is 1. The zero-order chi connectivity index (χ0) is 15.7. The minimum atomic E-state index is -0.516. The van der Waals surface area contributed by atoms with Crippen molar-refractivity contribution in [1.29, 1.82) is 0 Å². The molecule has 1 aromatic carbocycles. The number of fused-ring (bicyclic) bond motifs is 1. The fourth-order valence-electron chi connectivity index (χ4n) is 2.73. The molecule has 0 bridgehead atoms. The summed E-state index contributed by atoms with van der Waals surface area (Å²) in [6.07, 6.45) is 2.46. The predicted octanol–water partition coefficient (Wildman–Crippen LogP) is 2.79. The zero-order valence-corrected chi connectivity index (χ0v) is 13.0. The summed E-state index contributed by atoms with van der Waals surface area (Å²) in [6.45, 7) is 2.47. The predicted molar refractivity (Wildman–Crippen MR) is 84.1 cm³/mol. The second-order valence-corrected chi connectivity index (χ2v) is 5.89. The van der Waals surface area contributed by atoms with Gasteiger partial charge in [0.05, 0.1) is 5.02 Å². The smallest absolute Gasteiger partial charge is 0.287 e. The monoisotopic (exact) mass is 320 g/mol. The van der Waals surface area contributed by atoms with E-state index in [4.69, 9.17) is 16.0 Å². The van der Waals surface area contributed by atoms with Crippen molar-refractivity contribution in [2.45, 2.75) is 32.2 Å². The highest BCUT2D eigenvalue weighted by Crippen LogP contribution is 2.30. The number of furan rings is 1. The van der Waals surface area contributed by atoms with Gasteiger partial charge in [0, 0.05) is 17.5 Å². The number of para-hydroxylation sites is 1. The van der Waals surface area contributed by atoms with Crippen molar-refractivity contribution in [3.63, 3.8) is 0 Å². The minimum Gasteiger partial charge on any atom is -0.449 e. The van der Waals surface area contributed by atoms with Crippen LogP contribution in [0.5, 0.6) is 0 Å². The molecule has 1 aliphatic heterocycles. The van der Waals surface area contributed by atoms with Gasteiger partial charge in [-0.1, -0.05) is 23.7 Å². The van der Waals surface area contributed by atoms with Gasteiger partial charge in [-0.15, -0.1) is 0 Å². The van der Waals surface area contributed by atoms with E-state index in [0.29, 0.717) is 23.6 Å². The third kappa shape index (κ3) is 2.68. The summed E-state index contributed by atoms with van der Waals surface area (Å²) >= 11 is 6.09. The van der Waals surface area contributed by atoms with E-state index in [0.717, 1.165) is 23.8 Å². The number of amides is 2. The molecule has 2 aromatic rings. The maximum Gasteiger partial charge on any atom is 0.287 e. The third-order valence-electron chi connectivity index (χ3n) is 3.96.